The Hall–Kier alpha value is -5.70. The van der Waals surface area contributed by atoms with Gasteiger partial charge in [-0.3, -0.25) is 14.4 Å². The van der Waals surface area contributed by atoms with Gasteiger partial charge in [-0.2, -0.15) is 0 Å². The van der Waals surface area contributed by atoms with E-state index in [1.807, 2.05) is 66.3 Å². The number of aromatic hydroxyl groups is 1. The minimum atomic E-state index is -0.920. The summed E-state index contributed by atoms with van der Waals surface area (Å²) in [4.78, 5) is 64.5. The maximum absolute atomic E-state index is 14.7. The predicted octanol–water partition coefficient (Wildman–Crippen LogP) is 2.99. The molecule has 14 heteroatoms. The van der Waals surface area contributed by atoms with Gasteiger partial charge in [-0.15, -0.1) is 6.58 Å². The number of piperazine rings is 2. The Balaban J connectivity index is 1.15. The van der Waals surface area contributed by atoms with Gasteiger partial charge in [-0.05, 0) is 48.8 Å². The van der Waals surface area contributed by atoms with Gasteiger partial charge in [0.05, 0.1) is 24.2 Å². The first-order chi connectivity index (χ1) is 27.6. The first kappa shape index (κ1) is 39.5. The monoisotopic (exact) mass is 775 g/mol. The topological polar surface area (TPSA) is 137 Å². The Kier molecular flexibility index (Phi) is 12.2. The van der Waals surface area contributed by atoms with Crippen LogP contribution in [0.5, 0.6) is 5.75 Å². The van der Waals surface area contributed by atoms with E-state index < -0.39 is 18.2 Å². The molecule has 0 radical (unpaired) electrons. The Morgan fingerprint density at radius 1 is 0.912 bits per heavy atom. The molecule has 3 aliphatic heterocycles. The lowest BCUT2D eigenvalue weighted by Crippen LogP contribution is -2.76. The lowest BCUT2D eigenvalue weighted by molar-refractivity contribution is -0.189. The molecule has 0 bridgehead atoms. The van der Waals surface area contributed by atoms with Crippen LogP contribution < -0.4 is 10.6 Å². The van der Waals surface area contributed by atoms with Crippen molar-refractivity contribution in [2.24, 2.45) is 7.05 Å². The van der Waals surface area contributed by atoms with Crippen LogP contribution >= 0.6 is 0 Å². The molecular weight excluding hydrogens is 723 g/mol. The number of phenolic OH excluding ortho intramolecular Hbond substituents is 1. The van der Waals surface area contributed by atoms with E-state index in [1.165, 1.54) is 0 Å². The highest BCUT2D eigenvalue weighted by Crippen LogP contribution is 2.32. The Labute approximate surface area is 333 Å². The summed E-state index contributed by atoms with van der Waals surface area (Å²) in [6, 6.07) is 20.6. The summed E-state index contributed by atoms with van der Waals surface area (Å²) in [7, 11) is 4.04. The van der Waals surface area contributed by atoms with Crippen molar-refractivity contribution < 1.29 is 24.3 Å². The fourth-order valence-electron chi connectivity index (χ4n) is 8.29. The van der Waals surface area contributed by atoms with E-state index in [1.54, 1.807) is 50.2 Å². The van der Waals surface area contributed by atoms with E-state index in [4.69, 9.17) is 0 Å². The van der Waals surface area contributed by atoms with Gasteiger partial charge >= 0.3 is 6.03 Å². The van der Waals surface area contributed by atoms with Gasteiger partial charge in [0.1, 0.15) is 18.0 Å². The van der Waals surface area contributed by atoms with Gasteiger partial charge in [0.25, 0.3) is 5.91 Å². The molecule has 0 aliphatic carbocycles. The van der Waals surface area contributed by atoms with Gasteiger partial charge in [-0.25, -0.2) is 14.8 Å². The highest BCUT2D eigenvalue weighted by atomic mass is 16.3. The van der Waals surface area contributed by atoms with Crippen molar-refractivity contribution in [3.05, 3.63) is 114 Å². The molecular formula is C43H53N9O5. The van der Waals surface area contributed by atoms with Crippen molar-refractivity contribution in [1.82, 2.24) is 44.8 Å². The first-order valence-electron chi connectivity index (χ1n) is 19.7. The van der Waals surface area contributed by atoms with E-state index in [0.717, 1.165) is 66.7 Å². The summed E-state index contributed by atoms with van der Waals surface area (Å²) in [6.45, 7) is 10.2. The van der Waals surface area contributed by atoms with Crippen LogP contribution in [0.3, 0.4) is 0 Å². The van der Waals surface area contributed by atoms with Crippen LogP contribution in [0.25, 0.3) is 10.9 Å². The zero-order chi connectivity index (χ0) is 40.1. The fraction of sp³-hybridized carbons (Fsp3) is 0.395. The minimum absolute atomic E-state index is 0.0600. The smallest absolute Gasteiger partial charge is 0.334 e. The normalized spacial score (nSPS) is 19.5. The van der Waals surface area contributed by atoms with Crippen molar-refractivity contribution in [2.75, 3.05) is 66.0 Å². The van der Waals surface area contributed by atoms with Crippen LogP contribution in [0.2, 0.25) is 0 Å². The van der Waals surface area contributed by atoms with Gasteiger partial charge in [0.2, 0.25) is 11.8 Å². The molecule has 1 aromatic heterocycles. The number of fused-ring (bicyclic) bond motifs is 2. The summed E-state index contributed by atoms with van der Waals surface area (Å²) in [5, 5.41) is 20.1. The van der Waals surface area contributed by atoms with E-state index >= 15 is 0 Å². The molecule has 0 unspecified atom stereocenters. The van der Waals surface area contributed by atoms with Crippen molar-refractivity contribution in [3.63, 3.8) is 0 Å². The van der Waals surface area contributed by atoms with Crippen molar-refractivity contribution in [3.8, 4) is 5.75 Å². The maximum atomic E-state index is 14.7. The minimum Gasteiger partial charge on any atom is -0.508 e. The number of hydrazine groups is 1. The largest absolute Gasteiger partial charge is 0.508 e. The predicted molar refractivity (Wildman–Crippen MR) is 218 cm³/mol. The van der Waals surface area contributed by atoms with Crippen molar-refractivity contribution in [2.45, 2.75) is 38.1 Å². The van der Waals surface area contributed by atoms with Crippen molar-refractivity contribution in [1.29, 1.82) is 0 Å². The molecule has 3 aliphatic rings. The lowest BCUT2D eigenvalue weighted by Gasteiger charge is -2.55. The second-order valence-corrected chi connectivity index (χ2v) is 15.2. The van der Waals surface area contributed by atoms with Gasteiger partial charge < -0.3 is 39.9 Å². The number of carbonyl (C=O) groups excluding carboxylic acids is 4. The molecule has 3 aromatic carbocycles. The summed E-state index contributed by atoms with van der Waals surface area (Å²) in [5.74, 6) is -0.568. The number of phenols is 1. The number of urea groups is 1. The Bertz CT molecular complexity index is 2080. The van der Waals surface area contributed by atoms with Crippen LogP contribution in [0, 0.1) is 0 Å². The standard InChI is InChI=1S/C43H53N9O5/c1-4-19-50-30-39(54)51-37(25-31-14-16-34(53)17-15-31)42(56)49(29-38(51)52(50)43(57)45-26-32-10-6-5-7-11-32)27-33-12-8-13-35-36(28-47(3)40(33)35)41(55)44-18-9-20-48-23-21-46(2)22-24-48/h4-8,10-17,28,37-38,53H,1,9,18-27,29-30H2,2-3H3,(H,44,55)(H,45,57)/t37-,38-/m0/s1. The third-order valence-corrected chi connectivity index (χ3v) is 11.3. The Morgan fingerprint density at radius 3 is 2.40 bits per heavy atom. The number of nitrogens with zero attached hydrogens (tertiary/aromatic N) is 7. The second kappa shape index (κ2) is 17.6. The third kappa shape index (κ3) is 8.83. The molecule has 57 heavy (non-hydrogen) atoms. The average Bonchev–Trinajstić information content (AvgIpc) is 3.56. The number of amides is 5. The van der Waals surface area contributed by atoms with Gasteiger partial charge in [0, 0.05) is 77.4 Å². The zero-order valence-corrected chi connectivity index (χ0v) is 32.8. The molecule has 4 heterocycles. The Morgan fingerprint density at radius 2 is 1.67 bits per heavy atom. The highest BCUT2D eigenvalue weighted by molar-refractivity contribution is 6.07. The average molecular weight is 776 g/mol. The van der Waals surface area contributed by atoms with Crippen LogP contribution in [0.15, 0.2) is 91.6 Å². The summed E-state index contributed by atoms with van der Waals surface area (Å²) < 4.78 is 1.93. The van der Waals surface area contributed by atoms with Gasteiger partial charge in [-0.1, -0.05) is 66.7 Å². The van der Waals surface area contributed by atoms with E-state index in [0.29, 0.717) is 12.1 Å². The molecule has 4 aromatic rings. The molecule has 5 amide bonds. The molecule has 2 atom stereocenters. The molecule has 3 saturated heterocycles. The number of aryl methyl sites for hydroxylation is 1. The van der Waals surface area contributed by atoms with Crippen LogP contribution in [0.4, 0.5) is 4.79 Å². The zero-order valence-electron chi connectivity index (χ0n) is 32.8. The van der Waals surface area contributed by atoms with E-state index in [-0.39, 0.29) is 62.6 Å². The third-order valence-electron chi connectivity index (χ3n) is 11.3. The van der Waals surface area contributed by atoms with Crippen molar-refractivity contribution >= 4 is 34.7 Å². The number of hydrogen-bond donors (Lipinski definition) is 3. The quantitative estimate of drug-likeness (QED) is 0.139. The number of carbonyl (C=O) groups is 4. The number of aromatic nitrogens is 1. The van der Waals surface area contributed by atoms with Gasteiger partial charge in [0.15, 0.2) is 0 Å². The van der Waals surface area contributed by atoms with Crippen LogP contribution in [-0.2, 0) is 36.1 Å². The fourth-order valence-corrected chi connectivity index (χ4v) is 8.29. The molecule has 0 spiro atoms. The number of hydrogen-bond acceptors (Lipinski definition) is 8. The molecule has 0 saturated carbocycles. The summed E-state index contributed by atoms with van der Waals surface area (Å²) in [6.07, 6.45) is 3.72. The SMILES string of the molecule is C=CCN1CC(=O)N2[C@@H](Cc3ccc(O)cc3)C(=O)N(Cc3cccc4c(C(=O)NCCCN5CCN(C)CC5)cn(C)c34)C[C@@H]2N1C(=O)NCc1ccccc1. The molecule has 3 fully saturated rings. The number of likely N-dealkylation sites (N-methyl/N-ethyl adjacent to an activating group) is 1. The number of rotatable bonds is 13. The summed E-state index contributed by atoms with van der Waals surface area (Å²) in [5.41, 5.74) is 3.91. The molecule has 7 rings (SSSR count). The maximum Gasteiger partial charge on any atom is 0.334 e. The number of nitrogens with one attached hydrogen (secondary N) is 2. The summed E-state index contributed by atoms with van der Waals surface area (Å²) >= 11 is 0. The first-order valence-corrected chi connectivity index (χ1v) is 19.7. The van der Waals surface area contributed by atoms with Crippen LogP contribution in [-0.4, -0.2) is 141 Å². The van der Waals surface area contributed by atoms with E-state index in [9.17, 15) is 24.3 Å². The molecule has 300 valence electrons. The highest BCUT2D eigenvalue weighted by Gasteiger charge is 2.51. The molecule has 3 N–H and O–H groups in total. The number of benzene rings is 3. The molecule has 14 nitrogen and oxygen atoms in total. The second-order valence-electron chi connectivity index (χ2n) is 15.2. The number of para-hydroxylation sites is 1. The van der Waals surface area contributed by atoms with E-state index in [2.05, 4.69) is 34.1 Å². The van der Waals surface area contributed by atoms with Crippen LogP contribution in [0.1, 0.15) is 33.5 Å². The lowest BCUT2D eigenvalue weighted by atomic mass is 9.98.